The monoisotopic (exact) mass is 281 g/mol. The molecule has 19 heavy (non-hydrogen) atoms. The topological polar surface area (TPSA) is 28.2 Å². The van der Waals surface area contributed by atoms with Gasteiger partial charge in [-0.2, -0.15) is 0 Å². The fraction of sp³-hybridized carbons (Fsp3) is 0.800. The molecule has 1 saturated heterocycles. The van der Waals surface area contributed by atoms with Crippen LogP contribution in [0.2, 0.25) is 0 Å². The summed E-state index contributed by atoms with van der Waals surface area (Å²) < 4.78 is 0. The van der Waals surface area contributed by atoms with Crippen LogP contribution in [0.3, 0.4) is 0 Å². The molecule has 2 rings (SSSR count). The zero-order chi connectivity index (χ0) is 13.5. The fourth-order valence-electron chi connectivity index (χ4n) is 2.64. The Morgan fingerprint density at radius 3 is 3.21 bits per heavy atom. The summed E-state index contributed by atoms with van der Waals surface area (Å²) in [6.45, 7) is 10.1. The van der Waals surface area contributed by atoms with Crippen molar-refractivity contribution in [3.05, 3.63) is 16.1 Å². The normalized spacial score (nSPS) is 20.8. The summed E-state index contributed by atoms with van der Waals surface area (Å²) in [5, 5.41) is 6.95. The zero-order valence-corrected chi connectivity index (χ0v) is 13.1. The van der Waals surface area contributed by atoms with Crippen molar-refractivity contribution in [1.82, 2.24) is 15.2 Å². The third kappa shape index (κ3) is 5.21. The van der Waals surface area contributed by atoms with Crippen LogP contribution < -0.4 is 5.32 Å². The van der Waals surface area contributed by atoms with E-state index >= 15 is 0 Å². The number of likely N-dealkylation sites (tertiary alicyclic amines) is 1. The number of nitrogens with one attached hydrogen (secondary N) is 1. The molecular formula is C15H27N3S. The van der Waals surface area contributed by atoms with Crippen LogP contribution in [0.15, 0.2) is 5.38 Å². The van der Waals surface area contributed by atoms with Gasteiger partial charge in [-0.3, -0.25) is 4.90 Å². The predicted molar refractivity (Wildman–Crippen MR) is 82.4 cm³/mol. The van der Waals surface area contributed by atoms with Crippen molar-refractivity contribution in [3.63, 3.8) is 0 Å². The van der Waals surface area contributed by atoms with E-state index in [0.29, 0.717) is 0 Å². The van der Waals surface area contributed by atoms with E-state index in [4.69, 9.17) is 4.98 Å². The number of rotatable bonds is 7. The second-order valence-corrected chi connectivity index (χ2v) is 6.69. The summed E-state index contributed by atoms with van der Waals surface area (Å²) in [6, 6.07) is 0. The van der Waals surface area contributed by atoms with E-state index in [1.54, 1.807) is 0 Å². The standard InChI is InChI=1S/C15H27N3S/c1-3-4-7-16-9-14-12-19-15(17-14)11-18-8-5-6-13(2)10-18/h12-13,16H,3-11H2,1-2H3. The maximum Gasteiger partial charge on any atom is 0.107 e. The van der Waals surface area contributed by atoms with E-state index in [9.17, 15) is 0 Å². The van der Waals surface area contributed by atoms with Gasteiger partial charge in [-0.05, 0) is 38.3 Å². The number of piperidine rings is 1. The van der Waals surface area contributed by atoms with E-state index in [1.165, 1.54) is 49.5 Å². The van der Waals surface area contributed by atoms with Crippen LogP contribution in [0.1, 0.15) is 50.2 Å². The van der Waals surface area contributed by atoms with E-state index in [1.807, 2.05) is 11.3 Å². The molecular weight excluding hydrogens is 254 g/mol. The summed E-state index contributed by atoms with van der Waals surface area (Å²) in [5.74, 6) is 0.851. The highest BCUT2D eigenvalue weighted by Gasteiger charge is 2.17. The van der Waals surface area contributed by atoms with Crippen molar-refractivity contribution in [2.24, 2.45) is 5.92 Å². The van der Waals surface area contributed by atoms with Crippen molar-refractivity contribution in [2.45, 2.75) is 52.6 Å². The minimum absolute atomic E-state index is 0.851. The molecule has 3 nitrogen and oxygen atoms in total. The van der Waals surface area contributed by atoms with E-state index in [0.717, 1.165) is 25.6 Å². The molecule has 1 aliphatic heterocycles. The van der Waals surface area contributed by atoms with E-state index < -0.39 is 0 Å². The Balaban J connectivity index is 1.73. The first kappa shape index (κ1) is 14.9. The largest absolute Gasteiger partial charge is 0.311 e. The van der Waals surface area contributed by atoms with Crippen LogP contribution in [0.25, 0.3) is 0 Å². The average molecular weight is 281 g/mol. The van der Waals surface area contributed by atoms with Gasteiger partial charge < -0.3 is 5.32 Å². The molecule has 0 saturated carbocycles. The summed E-state index contributed by atoms with van der Waals surface area (Å²) in [6.07, 6.45) is 5.24. The number of hydrogen-bond donors (Lipinski definition) is 1. The fourth-order valence-corrected chi connectivity index (χ4v) is 3.48. The molecule has 2 heterocycles. The molecule has 1 N–H and O–H groups in total. The molecule has 4 heteroatoms. The highest BCUT2D eigenvalue weighted by molar-refractivity contribution is 7.09. The summed E-state index contributed by atoms with van der Waals surface area (Å²) >= 11 is 1.82. The Bertz CT molecular complexity index is 364. The predicted octanol–water partition coefficient (Wildman–Crippen LogP) is 3.26. The van der Waals surface area contributed by atoms with Gasteiger partial charge in [0.1, 0.15) is 5.01 Å². The lowest BCUT2D eigenvalue weighted by molar-refractivity contribution is 0.176. The third-order valence-corrected chi connectivity index (χ3v) is 4.59. The van der Waals surface area contributed by atoms with Gasteiger partial charge in [0.05, 0.1) is 12.2 Å². The third-order valence-electron chi connectivity index (χ3n) is 3.71. The van der Waals surface area contributed by atoms with Crippen molar-refractivity contribution < 1.29 is 0 Å². The lowest BCUT2D eigenvalue weighted by Gasteiger charge is -2.29. The average Bonchev–Trinajstić information content (AvgIpc) is 2.82. The smallest absolute Gasteiger partial charge is 0.107 e. The quantitative estimate of drug-likeness (QED) is 0.778. The molecule has 1 aliphatic rings. The van der Waals surface area contributed by atoms with Crippen LogP contribution >= 0.6 is 11.3 Å². The first-order valence-corrected chi connectivity index (χ1v) is 8.52. The Kier molecular flexibility index (Phi) is 6.28. The Labute approximate surface area is 121 Å². The van der Waals surface area contributed by atoms with Crippen molar-refractivity contribution >= 4 is 11.3 Å². The Hall–Kier alpha value is -0.450. The van der Waals surface area contributed by atoms with E-state index in [-0.39, 0.29) is 0 Å². The van der Waals surface area contributed by atoms with Crippen molar-refractivity contribution in [3.8, 4) is 0 Å². The molecule has 0 spiro atoms. The van der Waals surface area contributed by atoms with E-state index in [2.05, 4.69) is 29.4 Å². The molecule has 1 atom stereocenters. The number of thiazole rings is 1. The summed E-state index contributed by atoms with van der Waals surface area (Å²) in [4.78, 5) is 7.30. The van der Waals surface area contributed by atoms with Crippen LogP contribution in [0.5, 0.6) is 0 Å². The lowest BCUT2D eigenvalue weighted by atomic mass is 10.0. The van der Waals surface area contributed by atoms with Crippen LogP contribution in [0, 0.1) is 5.92 Å². The number of aromatic nitrogens is 1. The highest BCUT2D eigenvalue weighted by Crippen LogP contribution is 2.19. The Morgan fingerprint density at radius 2 is 2.42 bits per heavy atom. The molecule has 1 unspecified atom stereocenters. The Morgan fingerprint density at radius 1 is 1.53 bits per heavy atom. The van der Waals surface area contributed by atoms with Gasteiger partial charge in [0.2, 0.25) is 0 Å². The second-order valence-electron chi connectivity index (χ2n) is 5.75. The molecule has 108 valence electrons. The molecule has 0 aliphatic carbocycles. The van der Waals surface area contributed by atoms with Gasteiger partial charge in [-0.1, -0.05) is 20.3 Å². The number of nitrogens with zero attached hydrogens (tertiary/aromatic N) is 2. The summed E-state index contributed by atoms with van der Waals surface area (Å²) in [7, 11) is 0. The van der Waals surface area contributed by atoms with Crippen molar-refractivity contribution in [2.75, 3.05) is 19.6 Å². The number of unbranched alkanes of at least 4 members (excludes halogenated alkanes) is 1. The second kappa shape index (κ2) is 7.98. The van der Waals surface area contributed by atoms with Gasteiger partial charge in [-0.15, -0.1) is 11.3 Å². The molecule has 0 radical (unpaired) electrons. The maximum atomic E-state index is 4.74. The molecule has 1 aromatic heterocycles. The SMILES string of the molecule is CCCCNCc1csc(CN2CCCC(C)C2)n1. The van der Waals surface area contributed by atoms with Crippen LogP contribution in [0.4, 0.5) is 0 Å². The summed E-state index contributed by atoms with van der Waals surface area (Å²) in [5.41, 5.74) is 1.21. The van der Waals surface area contributed by atoms with Crippen LogP contribution in [-0.2, 0) is 13.1 Å². The first-order valence-electron chi connectivity index (χ1n) is 7.64. The van der Waals surface area contributed by atoms with Gasteiger partial charge in [0.25, 0.3) is 0 Å². The molecule has 1 fully saturated rings. The molecule has 0 amide bonds. The molecule has 0 aromatic carbocycles. The lowest BCUT2D eigenvalue weighted by Crippen LogP contribution is -2.33. The van der Waals surface area contributed by atoms with Crippen molar-refractivity contribution in [1.29, 1.82) is 0 Å². The zero-order valence-electron chi connectivity index (χ0n) is 12.3. The molecule has 1 aromatic rings. The van der Waals surface area contributed by atoms with Gasteiger partial charge in [-0.25, -0.2) is 4.98 Å². The molecule has 0 bridgehead atoms. The minimum Gasteiger partial charge on any atom is -0.311 e. The van der Waals surface area contributed by atoms with Gasteiger partial charge in [0, 0.05) is 18.5 Å². The first-order chi connectivity index (χ1) is 9.28. The minimum atomic E-state index is 0.851. The van der Waals surface area contributed by atoms with Gasteiger partial charge >= 0.3 is 0 Å². The highest BCUT2D eigenvalue weighted by atomic mass is 32.1. The maximum absolute atomic E-state index is 4.74. The van der Waals surface area contributed by atoms with Crippen LogP contribution in [-0.4, -0.2) is 29.5 Å². The van der Waals surface area contributed by atoms with Gasteiger partial charge in [0.15, 0.2) is 0 Å². The number of hydrogen-bond acceptors (Lipinski definition) is 4.